The number of aromatic nitrogens is 3. The summed E-state index contributed by atoms with van der Waals surface area (Å²) >= 11 is 0. The predicted octanol–water partition coefficient (Wildman–Crippen LogP) is 0.438. The van der Waals surface area contributed by atoms with Gasteiger partial charge in [-0.25, -0.2) is 27.9 Å². The van der Waals surface area contributed by atoms with E-state index in [-0.39, 0.29) is 24.6 Å². The van der Waals surface area contributed by atoms with Crippen LogP contribution in [-0.4, -0.2) is 61.1 Å². The first-order valence-electron chi connectivity index (χ1n) is 8.59. The van der Waals surface area contributed by atoms with E-state index in [1.54, 1.807) is 0 Å². The standard InChI is InChI=1S/C18H13F3N4O5/c19-7-1-10(20)16(22-3-7)25-4-9(18(29)30)14(28)8-2-11(21)17(23-15(8)25)24-5-12(26)13(27)6-24/h1-4,12-13,26-27H,5-6H2,(H,29,30)/t12-,13-/m1/s1. The number of carboxylic acids is 1. The predicted molar refractivity (Wildman–Crippen MR) is 96.2 cm³/mol. The molecular weight excluding hydrogens is 409 g/mol. The molecule has 2 atom stereocenters. The summed E-state index contributed by atoms with van der Waals surface area (Å²) < 4.78 is 43.1. The molecule has 0 aliphatic carbocycles. The second-order valence-electron chi connectivity index (χ2n) is 6.71. The van der Waals surface area contributed by atoms with Crippen molar-refractivity contribution in [2.45, 2.75) is 12.2 Å². The average molecular weight is 422 g/mol. The number of aromatic carboxylic acids is 1. The lowest BCUT2D eigenvalue weighted by Gasteiger charge is -2.19. The molecule has 0 saturated carbocycles. The summed E-state index contributed by atoms with van der Waals surface area (Å²) in [5.41, 5.74) is -2.19. The molecule has 0 unspecified atom stereocenters. The molecule has 12 heteroatoms. The van der Waals surface area contributed by atoms with Crippen molar-refractivity contribution in [1.82, 2.24) is 14.5 Å². The topological polar surface area (TPSA) is 129 Å². The van der Waals surface area contributed by atoms with Crippen LogP contribution in [0.1, 0.15) is 10.4 Å². The van der Waals surface area contributed by atoms with Crippen molar-refractivity contribution in [3.05, 3.63) is 57.8 Å². The Bertz CT molecular complexity index is 1240. The maximum Gasteiger partial charge on any atom is 0.341 e. The number of fused-ring (bicyclic) bond motifs is 1. The Morgan fingerprint density at radius 3 is 2.30 bits per heavy atom. The van der Waals surface area contributed by atoms with E-state index in [1.807, 2.05) is 0 Å². The second-order valence-corrected chi connectivity index (χ2v) is 6.71. The third kappa shape index (κ3) is 3.15. The third-order valence-corrected chi connectivity index (χ3v) is 4.72. The fourth-order valence-electron chi connectivity index (χ4n) is 3.28. The van der Waals surface area contributed by atoms with E-state index in [1.165, 1.54) is 4.90 Å². The van der Waals surface area contributed by atoms with Crippen LogP contribution in [-0.2, 0) is 0 Å². The van der Waals surface area contributed by atoms with Crippen LogP contribution in [0.25, 0.3) is 16.9 Å². The molecule has 0 bridgehead atoms. The fraction of sp³-hybridized carbons (Fsp3) is 0.222. The number of aliphatic hydroxyl groups is 2. The van der Waals surface area contributed by atoms with Gasteiger partial charge in [0, 0.05) is 25.4 Å². The van der Waals surface area contributed by atoms with Crippen LogP contribution in [0.4, 0.5) is 19.0 Å². The van der Waals surface area contributed by atoms with Gasteiger partial charge in [-0.15, -0.1) is 0 Å². The highest BCUT2D eigenvalue weighted by molar-refractivity contribution is 5.92. The number of β-amino-alcohol motifs (C(OH)–C–C–N with tert-alkyl or cyclic N) is 2. The monoisotopic (exact) mass is 422 g/mol. The first-order valence-corrected chi connectivity index (χ1v) is 8.59. The molecule has 1 fully saturated rings. The van der Waals surface area contributed by atoms with Crippen molar-refractivity contribution in [3.63, 3.8) is 0 Å². The van der Waals surface area contributed by atoms with E-state index in [0.717, 1.165) is 16.8 Å². The van der Waals surface area contributed by atoms with E-state index >= 15 is 0 Å². The maximum atomic E-state index is 14.7. The molecule has 0 aromatic carbocycles. The molecule has 1 aliphatic rings. The lowest BCUT2D eigenvalue weighted by Crippen LogP contribution is -2.25. The van der Waals surface area contributed by atoms with Gasteiger partial charge in [-0.05, 0) is 6.07 Å². The van der Waals surface area contributed by atoms with Crippen molar-refractivity contribution >= 4 is 22.8 Å². The van der Waals surface area contributed by atoms with E-state index in [0.29, 0.717) is 12.3 Å². The normalized spacial score (nSPS) is 18.9. The minimum Gasteiger partial charge on any atom is -0.477 e. The SMILES string of the molecule is O=C(O)c1cn(-c2ncc(F)cc2F)c2nc(N3C[C@@H](O)[C@H](O)C3)c(F)cc2c1=O. The molecule has 3 aromatic rings. The average Bonchev–Trinajstić information content (AvgIpc) is 3.01. The van der Waals surface area contributed by atoms with Crippen molar-refractivity contribution in [2.75, 3.05) is 18.0 Å². The zero-order valence-corrected chi connectivity index (χ0v) is 15.0. The van der Waals surface area contributed by atoms with Crippen LogP contribution in [0.2, 0.25) is 0 Å². The van der Waals surface area contributed by atoms with Gasteiger partial charge in [0.1, 0.15) is 11.4 Å². The Labute approximate surface area is 165 Å². The summed E-state index contributed by atoms with van der Waals surface area (Å²) in [5, 5.41) is 28.3. The van der Waals surface area contributed by atoms with Crippen molar-refractivity contribution in [1.29, 1.82) is 0 Å². The molecule has 1 saturated heterocycles. The maximum absolute atomic E-state index is 14.7. The van der Waals surface area contributed by atoms with Crippen molar-refractivity contribution < 1.29 is 33.3 Å². The molecule has 4 heterocycles. The number of aliphatic hydroxyl groups excluding tert-OH is 2. The highest BCUT2D eigenvalue weighted by Gasteiger charge is 2.32. The quantitative estimate of drug-likeness (QED) is 0.555. The molecule has 4 rings (SSSR count). The van der Waals surface area contributed by atoms with Gasteiger partial charge in [0.15, 0.2) is 28.9 Å². The Kier molecular flexibility index (Phi) is 4.67. The van der Waals surface area contributed by atoms with Gasteiger partial charge in [-0.2, -0.15) is 0 Å². The Morgan fingerprint density at radius 2 is 1.70 bits per heavy atom. The van der Waals surface area contributed by atoms with Gasteiger partial charge < -0.3 is 20.2 Å². The summed E-state index contributed by atoms with van der Waals surface area (Å²) in [4.78, 5) is 32.8. The Hall–Kier alpha value is -3.51. The highest BCUT2D eigenvalue weighted by atomic mass is 19.1. The van der Waals surface area contributed by atoms with Gasteiger partial charge in [0.05, 0.1) is 23.8 Å². The third-order valence-electron chi connectivity index (χ3n) is 4.72. The van der Waals surface area contributed by atoms with Crippen LogP contribution < -0.4 is 10.3 Å². The van der Waals surface area contributed by atoms with Gasteiger partial charge in [-0.3, -0.25) is 9.36 Å². The summed E-state index contributed by atoms with van der Waals surface area (Å²) in [6, 6.07) is 1.24. The molecule has 0 amide bonds. The van der Waals surface area contributed by atoms with Gasteiger partial charge >= 0.3 is 5.97 Å². The zero-order valence-electron chi connectivity index (χ0n) is 15.0. The first kappa shape index (κ1) is 19.8. The number of carbonyl (C=O) groups is 1. The lowest BCUT2D eigenvalue weighted by molar-refractivity contribution is 0.0572. The zero-order chi connectivity index (χ0) is 21.7. The van der Waals surface area contributed by atoms with Crippen LogP contribution >= 0.6 is 0 Å². The molecular formula is C18H13F3N4O5. The molecule has 0 spiro atoms. The number of anilines is 1. The Balaban J connectivity index is 2.03. The largest absolute Gasteiger partial charge is 0.477 e. The fourth-order valence-corrected chi connectivity index (χ4v) is 3.28. The van der Waals surface area contributed by atoms with Crippen LogP contribution in [0.5, 0.6) is 0 Å². The minimum absolute atomic E-state index is 0.156. The lowest BCUT2D eigenvalue weighted by atomic mass is 10.2. The van der Waals surface area contributed by atoms with E-state index in [2.05, 4.69) is 9.97 Å². The molecule has 30 heavy (non-hydrogen) atoms. The highest BCUT2D eigenvalue weighted by Crippen LogP contribution is 2.26. The summed E-state index contributed by atoms with van der Waals surface area (Å²) in [5.74, 6) is -5.72. The summed E-state index contributed by atoms with van der Waals surface area (Å²) in [7, 11) is 0. The number of halogens is 3. The van der Waals surface area contributed by atoms with Gasteiger partial charge in [0.25, 0.3) is 0 Å². The molecule has 156 valence electrons. The molecule has 3 aromatic heterocycles. The molecule has 3 N–H and O–H groups in total. The molecule has 0 radical (unpaired) electrons. The Morgan fingerprint density at radius 1 is 1.07 bits per heavy atom. The number of hydrogen-bond donors (Lipinski definition) is 3. The van der Waals surface area contributed by atoms with Gasteiger partial charge in [-0.1, -0.05) is 0 Å². The van der Waals surface area contributed by atoms with Crippen LogP contribution in [0.3, 0.4) is 0 Å². The number of rotatable bonds is 3. The number of pyridine rings is 3. The van der Waals surface area contributed by atoms with Crippen molar-refractivity contribution in [2.24, 2.45) is 0 Å². The van der Waals surface area contributed by atoms with Crippen molar-refractivity contribution in [3.8, 4) is 5.82 Å². The molecule has 1 aliphatic heterocycles. The van der Waals surface area contributed by atoms with E-state index in [9.17, 15) is 38.1 Å². The second kappa shape index (κ2) is 7.07. The molecule has 9 nitrogen and oxygen atoms in total. The smallest absolute Gasteiger partial charge is 0.341 e. The summed E-state index contributed by atoms with van der Waals surface area (Å²) in [6.45, 7) is -0.311. The van der Waals surface area contributed by atoms with Gasteiger partial charge in [0.2, 0.25) is 5.43 Å². The van der Waals surface area contributed by atoms with E-state index < -0.39 is 57.8 Å². The summed E-state index contributed by atoms with van der Waals surface area (Å²) in [6.07, 6.45) is -0.872. The minimum atomic E-state index is -1.64. The van der Waals surface area contributed by atoms with Crippen LogP contribution in [0.15, 0.2) is 29.3 Å². The number of carboxylic acid groups (broad SMARTS) is 1. The van der Waals surface area contributed by atoms with E-state index in [4.69, 9.17) is 0 Å². The van der Waals surface area contributed by atoms with Crippen LogP contribution in [0, 0.1) is 17.5 Å². The number of hydrogen-bond acceptors (Lipinski definition) is 7. The first-order chi connectivity index (χ1) is 14.2. The number of nitrogens with zero attached hydrogens (tertiary/aromatic N) is 4.